The van der Waals surface area contributed by atoms with E-state index in [0.717, 1.165) is 32.3 Å². The zero-order valence-electron chi connectivity index (χ0n) is 9.69. The molecule has 2 nitrogen and oxygen atoms in total. The maximum Gasteiger partial charge on any atom is 0.0716 e. The van der Waals surface area contributed by atoms with Crippen LogP contribution in [0.5, 0.6) is 0 Å². The smallest absolute Gasteiger partial charge is 0.0716 e. The molecule has 0 aliphatic rings. The van der Waals surface area contributed by atoms with E-state index in [0.29, 0.717) is 13.0 Å². The minimum atomic E-state index is 0.685. The Morgan fingerprint density at radius 3 is 2.50 bits per heavy atom. The first-order valence-electron chi connectivity index (χ1n) is 5.92. The fraction of sp³-hybridized carbons (Fsp3) is 0.500. The van der Waals surface area contributed by atoms with Gasteiger partial charge in [0.25, 0.3) is 0 Å². The first kappa shape index (κ1) is 12.7. The van der Waals surface area contributed by atoms with Gasteiger partial charge in [-0.15, -0.1) is 0 Å². The molecule has 0 radical (unpaired) electrons. The minimum Gasteiger partial charge on any atom is -0.377 e. The van der Waals surface area contributed by atoms with E-state index >= 15 is 0 Å². The van der Waals surface area contributed by atoms with E-state index in [1.165, 1.54) is 5.56 Å². The molecule has 0 aliphatic carbocycles. The van der Waals surface area contributed by atoms with Crippen LogP contribution in [0.1, 0.15) is 37.7 Å². The van der Waals surface area contributed by atoms with Crippen molar-refractivity contribution < 1.29 is 4.74 Å². The van der Waals surface area contributed by atoms with Crippen LogP contribution < -0.4 is 0 Å². The van der Waals surface area contributed by atoms with Gasteiger partial charge in [0.1, 0.15) is 0 Å². The van der Waals surface area contributed by atoms with Crippen LogP contribution in [0.4, 0.5) is 0 Å². The fourth-order valence-corrected chi connectivity index (χ4v) is 1.53. The molecule has 0 N–H and O–H groups in total. The van der Waals surface area contributed by atoms with E-state index in [1.54, 1.807) is 0 Å². The number of unbranched alkanes of at least 4 members (excludes halogenated alkanes) is 4. The standard InChI is InChI=1S/C14H19NO/c15-11-7-2-1-3-8-12-16-13-14-9-5-4-6-10-14/h4-6,9-10H,1-3,7-8,12-13H2. The Morgan fingerprint density at radius 2 is 1.75 bits per heavy atom. The summed E-state index contributed by atoms with van der Waals surface area (Å²) in [7, 11) is 0. The van der Waals surface area contributed by atoms with Crippen LogP contribution in [0, 0.1) is 11.3 Å². The molecular weight excluding hydrogens is 198 g/mol. The second-order valence-corrected chi connectivity index (χ2v) is 3.86. The van der Waals surface area contributed by atoms with E-state index in [9.17, 15) is 0 Å². The summed E-state index contributed by atoms with van der Waals surface area (Å²) in [5, 5.41) is 8.36. The summed E-state index contributed by atoms with van der Waals surface area (Å²) in [6.07, 6.45) is 5.11. The first-order chi connectivity index (χ1) is 7.93. The molecule has 0 saturated heterocycles. The van der Waals surface area contributed by atoms with Gasteiger partial charge >= 0.3 is 0 Å². The van der Waals surface area contributed by atoms with Crippen molar-refractivity contribution in [2.75, 3.05) is 6.61 Å². The molecule has 2 heteroatoms. The highest BCUT2D eigenvalue weighted by atomic mass is 16.5. The highest BCUT2D eigenvalue weighted by molar-refractivity contribution is 5.13. The summed E-state index contributed by atoms with van der Waals surface area (Å²) in [5.41, 5.74) is 1.23. The molecule has 0 saturated carbocycles. The predicted octanol–water partition coefficient (Wildman–Crippen LogP) is 3.68. The molecule has 1 aromatic carbocycles. The largest absolute Gasteiger partial charge is 0.377 e. The van der Waals surface area contributed by atoms with Crippen LogP contribution in [0.25, 0.3) is 0 Å². The molecule has 0 aliphatic heterocycles. The second-order valence-electron chi connectivity index (χ2n) is 3.86. The summed E-state index contributed by atoms with van der Waals surface area (Å²) in [4.78, 5) is 0. The van der Waals surface area contributed by atoms with Gasteiger partial charge in [-0.1, -0.05) is 43.2 Å². The Hall–Kier alpha value is -1.33. The Morgan fingerprint density at radius 1 is 1.00 bits per heavy atom. The number of benzene rings is 1. The highest BCUT2D eigenvalue weighted by Gasteiger charge is 1.92. The third kappa shape index (κ3) is 6.21. The quantitative estimate of drug-likeness (QED) is 0.622. The average molecular weight is 217 g/mol. The van der Waals surface area contributed by atoms with Gasteiger partial charge in [0.15, 0.2) is 0 Å². The van der Waals surface area contributed by atoms with Crippen molar-refractivity contribution in [3.63, 3.8) is 0 Å². The molecule has 16 heavy (non-hydrogen) atoms. The maximum absolute atomic E-state index is 8.36. The lowest BCUT2D eigenvalue weighted by atomic mass is 10.2. The normalized spacial score (nSPS) is 9.94. The Bertz CT molecular complexity index is 302. The monoisotopic (exact) mass is 217 g/mol. The Labute approximate surface area is 97.9 Å². The molecule has 1 aromatic rings. The molecule has 0 heterocycles. The average Bonchev–Trinajstić information content (AvgIpc) is 2.34. The van der Waals surface area contributed by atoms with Crippen molar-refractivity contribution in [2.45, 2.75) is 38.7 Å². The number of nitriles is 1. The second kappa shape index (κ2) is 8.94. The van der Waals surface area contributed by atoms with E-state index in [2.05, 4.69) is 18.2 Å². The van der Waals surface area contributed by atoms with Crippen molar-refractivity contribution in [3.8, 4) is 6.07 Å². The van der Waals surface area contributed by atoms with E-state index in [4.69, 9.17) is 10.00 Å². The third-order valence-electron chi connectivity index (χ3n) is 2.44. The lowest BCUT2D eigenvalue weighted by molar-refractivity contribution is 0.117. The van der Waals surface area contributed by atoms with Crippen LogP contribution in [0.3, 0.4) is 0 Å². The minimum absolute atomic E-state index is 0.685. The Kier molecular flexibility index (Phi) is 7.11. The van der Waals surface area contributed by atoms with Gasteiger partial charge in [-0.25, -0.2) is 0 Å². The zero-order valence-corrected chi connectivity index (χ0v) is 9.69. The number of hydrogen-bond acceptors (Lipinski definition) is 2. The molecule has 1 rings (SSSR count). The van der Waals surface area contributed by atoms with Crippen molar-refractivity contribution >= 4 is 0 Å². The first-order valence-corrected chi connectivity index (χ1v) is 5.92. The van der Waals surface area contributed by atoms with Gasteiger partial charge < -0.3 is 4.74 Å². The van der Waals surface area contributed by atoms with Crippen LogP contribution >= 0.6 is 0 Å². The molecule has 0 aromatic heterocycles. The lowest BCUT2D eigenvalue weighted by Crippen LogP contribution is -1.95. The summed E-state index contributed by atoms with van der Waals surface area (Å²) in [6, 6.07) is 12.4. The van der Waals surface area contributed by atoms with Crippen molar-refractivity contribution in [1.29, 1.82) is 5.26 Å². The maximum atomic E-state index is 8.36. The molecular formula is C14H19NO. The zero-order chi connectivity index (χ0) is 11.5. The van der Waals surface area contributed by atoms with Gasteiger partial charge in [-0.3, -0.25) is 0 Å². The summed E-state index contributed by atoms with van der Waals surface area (Å²) in [5.74, 6) is 0. The molecule has 86 valence electrons. The topological polar surface area (TPSA) is 33.0 Å². The third-order valence-corrected chi connectivity index (χ3v) is 2.44. The number of rotatable bonds is 8. The lowest BCUT2D eigenvalue weighted by Gasteiger charge is -2.03. The molecule has 0 unspecified atom stereocenters. The van der Waals surface area contributed by atoms with Gasteiger partial charge in [-0.2, -0.15) is 5.26 Å². The fourth-order valence-electron chi connectivity index (χ4n) is 1.53. The molecule has 0 fully saturated rings. The van der Waals surface area contributed by atoms with Crippen LogP contribution in [0.15, 0.2) is 30.3 Å². The Balaban J connectivity index is 1.91. The van der Waals surface area contributed by atoms with Gasteiger partial charge in [0, 0.05) is 13.0 Å². The van der Waals surface area contributed by atoms with Gasteiger partial charge in [0.2, 0.25) is 0 Å². The van der Waals surface area contributed by atoms with Gasteiger partial charge in [0.05, 0.1) is 12.7 Å². The molecule has 0 amide bonds. The number of hydrogen-bond donors (Lipinski definition) is 0. The molecule has 0 atom stereocenters. The van der Waals surface area contributed by atoms with E-state index in [-0.39, 0.29) is 0 Å². The summed E-state index contributed by atoms with van der Waals surface area (Å²) >= 11 is 0. The predicted molar refractivity (Wildman–Crippen MR) is 64.8 cm³/mol. The van der Waals surface area contributed by atoms with Crippen molar-refractivity contribution in [3.05, 3.63) is 35.9 Å². The number of nitrogens with zero attached hydrogens (tertiary/aromatic N) is 1. The van der Waals surface area contributed by atoms with Crippen molar-refractivity contribution in [1.82, 2.24) is 0 Å². The van der Waals surface area contributed by atoms with Gasteiger partial charge in [-0.05, 0) is 18.4 Å². The van der Waals surface area contributed by atoms with Crippen LogP contribution in [-0.2, 0) is 11.3 Å². The molecule has 0 bridgehead atoms. The van der Waals surface area contributed by atoms with Crippen LogP contribution in [-0.4, -0.2) is 6.61 Å². The number of ether oxygens (including phenoxy) is 1. The van der Waals surface area contributed by atoms with E-state index in [1.807, 2.05) is 18.2 Å². The van der Waals surface area contributed by atoms with Crippen molar-refractivity contribution in [2.24, 2.45) is 0 Å². The van der Waals surface area contributed by atoms with E-state index < -0.39 is 0 Å². The van der Waals surface area contributed by atoms with Crippen LogP contribution in [0.2, 0.25) is 0 Å². The molecule has 0 spiro atoms. The highest BCUT2D eigenvalue weighted by Crippen LogP contribution is 2.04. The summed E-state index contributed by atoms with van der Waals surface area (Å²) in [6.45, 7) is 1.53. The SMILES string of the molecule is N#CCCCCCCOCc1ccccc1. The summed E-state index contributed by atoms with van der Waals surface area (Å²) < 4.78 is 5.56.